The van der Waals surface area contributed by atoms with Crippen LogP contribution in [0.25, 0.3) is 0 Å². The number of aromatic nitrogens is 1. The number of carbonyl (C=O) groups is 2. The minimum absolute atomic E-state index is 0.0280. The van der Waals surface area contributed by atoms with Gasteiger partial charge < -0.3 is 14.2 Å². The minimum Gasteiger partial charge on any atom is -0.488 e. The van der Waals surface area contributed by atoms with Crippen LogP contribution in [0, 0.1) is 0 Å². The number of carbonyl (C=O) groups excluding carboxylic acids is 2. The number of ether oxygens (including phenoxy) is 3. The van der Waals surface area contributed by atoms with Crippen LogP contribution in [0.3, 0.4) is 0 Å². The van der Waals surface area contributed by atoms with Crippen molar-refractivity contribution in [3.8, 4) is 5.75 Å². The Hall–Kier alpha value is -1.54. The molecule has 2 aromatic rings. The molecule has 10 heteroatoms. The maximum absolute atomic E-state index is 11.8. The largest absolute Gasteiger partial charge is 0.488 e. The van der Waals surface area contributed by atoms with E-state index in [0.717, 1.165) is 11.5 Å². The highest BCUT2D eigenvalue weighted by Crippen LogP contribution is 2.29. The first kappa shape index (κ1) is 18.8. The fourth-order valence-corrected chi connectivity index (χ4v) is 2.94. The standard InChI is InChI=1S/C14H10Cl3NO5S/c1-21-13(19)7-2-3-9(8(15)6-7)22-4-5-23-14(20)11-10(16)12(17)18-24-11/h2-3,6H,4-5H2,1H3. The number of esters is 2. The van der Waals surface area contributed by atoms with Gasteiger partial charge in [-0.25, -0.2) is 9.59 Å². The molecule has 0 atom stereocenters. The second kappa shape index (κ2) is 8.53. The van der Waals surface area contributed by atoms with E-state index in [0.29, 0.717) is 11.3 Å². The van der Waals surface area contributed by atoms with E-state index in [1.807, 2.05) is 0 Å². The van der Waals surface area contributed by atoms with Crippen molar-refractivity contribution >= 4 is 58.3 Å². The zero-order chi connectivity index (χ0) is 17.7. The summed E-state index contributed by atoms with van der Waals surface area (Å²) in [6.07, 6.45) is 0. The number of nitrogens with zero attached hydrogens (tertiary/aromatic N) is 1. The first-order valence-corrected chi connectivity index (χ1v) is 8.33. The van der Waals surface area contributed by atoms with Crippen LogP contribution in [-0.2, 0) is 9.47 Å². The highest BCUT2D eigenvalue weighted by Gasteiger charge is 2.18. The van der Waals surface area contributed by atoms with Crippen LogP contribution in [-0.4, -0.2) is 36.6 Å². The molecule has 6 nitrogen and oxygen atoms in total. The summed E-state index contributed by atoms with van der Waals surface area (Å²) >= 11 is 18.3. The zero-order valence-electron chi connectivity index (χ0n) is 12.2. The van der Waals surface area contributed by atoms with Gasteiger partial charge in [-0.3, -0.25) is 0 Å². The molecule has 0 unspecified atom stereocenters. The monoisotopic (exact) mass is 409 g/mol. The van der Waals surface area contributed by atoms with E-state index in [1.54, 1.807) is 0 Å². The van der Waals surface area contributed by atoms with Crippen molar-refractivity contribution < 1.29 is 23.8 Å². The van der Waals surface area contributed by atoms with E-state index < -0.39 is 11.9 Å². The molecule has 0 bridgehead atoms. The van der Waals surface area contributed by atoms with Crippen molar-refractivity contribution in [2.75, 3.05) is 20.3 Å². The number of halogens is 3. The SMILES string of the molecule is COC(=O)c1ccc(OCCOC(=O)c2snc(Cl)c2Cl)c(Cl)c1. The molecule has 0 spiro atoms. The highest BCUT2D eigenvalue weighted by molar-refractivity contribution is 7.09. The van der Waals surface area contributed by atoms with Crippen LogP contribution < -0.4 is 4.74 Å². The predicted molar refractivity (Wildman–Crippen MR) is 90.7 cm³/mol. The van der Waals surface area contributed by atoms with Crippen molar-refractivity contribution in [2.45, 2.75) is 0 Å². The molecule has 0 radical (unpaired) electrons. The Morgan fingerprint density at radius 3 is 2.50 bits per heavy atom. The van der Waals surface area contributed by atoms with Crippen molar-refractivity contribution in [3.05, 3.63) is 43.8 Å². The summed E-state index contributed by atoms with van der Waals surface area (Å²) in [5.41, 5.74) is 0.304. The molecule has 128 valence electrons. The van der Waals surface area contributed by atoms with Gasteiger partial charge >= 0.3 is 11.9 Å². The molecule has 0 aliphatic carbocycles. The summed E-state index contributed by atoms with van der Waals surface area (Å²) in [4.78, 5) is 23.3. The van der Waals surface area contributed by atoms with Crippen LogP contribution in [0.1, 0.15) is 20.0 Å². The number of methoxy groups -OCH3 is 1. The summed E-state index contributed by atoms with van der Waals surface area (Å²) in [5, 5.41) is 0.359. The number of rotatable bonds is 6. The second-order valence-corrected chi connectivity index (χ2v) is 6.15. The van der Waals surface area contributed by atoms with Crippen LogP contribution in [0.4, 0.5) is 0 Å². The summed E-state index contributed by atoms with van der Waals surface area (Å²) in [5.74, 6) is -0.795. The van der Waals surface area contributed by atoms with Crippen LogP contribution in [0.15, 0.2) is 18.2 Å². The van der Waals surface area contributed by atoms with E-state index in [-0.39, 0.29) is 33.3 Å². The van der Waals surface area contributed by atoms with Crippen LogP contribution in [0.2, 0.25) is 15.2 Å². The van der Waals surface area contributed by atoms with Gasteiger partial charge in [0.25, 0.3) is 0 Å². The topological polar surface area (TPSA) is 74.7 Å². The fourth-order valence-electron chi connectivity index (χ4n) is 1.60. The first-order valence-electron chi connectivity index (χ1n) is 6.42. The molecule has 2 rings (SSSR count). The molecule has 0 N–H and O–H groups in total. The second-order valence-electron chi connectivity index (χ2n) is 4.24. The lowest BCUT2D eigenvalue weighted by Gasteiger charge is -2.09. The Bertz CT molecular complexity index is 765. The molecule has 1 heterocycles. The maximum atomic E-state index is 11.8. The molecule has 0 aliphatic heterocycles. The average molecular weight is 411 g/mol. The Morgan fingerprint density at radius 1 is 1.17 bits per heavy atom. The molecule has 0 saturated heterocycles. The fraction of sp³-hybridized carbons (Fsp3) is 0.214. The molecular formula is C14H10Cl3NO5S. The summed E-state index contributed by atoms with van der Waals surface area (Å²) < 4.78 is 18.7. The van der Waals surface area contributed by atoms with Crippen LogP contribution >= 0.6 is 46.3 Å². The zero-order valence-corrected chi connectivity index (χ0v) is 15.3. The molecule has 0 aliphatic rings. The number of benzene rings is 1. The van der Waals surface area contributed by atoms with Gasteiger partial charge in [0.2, 0.25) is 0 Å². The first-order chi connectivity index (χ1) is 11.4. The van der Waals surface area contributed by atoms with Gasteiger partial charge in [-0.15, -0.1) is 0 Å². The average Bonchev–Trinajstić information content (AvgIpc) is 2.91. The van der Waals surface area contributed by atoms with Gasteiger partial charge in [-0.05, 0) is 29.7 Å². The van der Waals surface area contributed by atoms with Gasteiger partial charge in [-0.1, -0.05) is 34.8 Å². The maximum Gasteiger partial charge on any atom is 0.351 e. The van der Waals surface area contributed by atoms with Gasteiger partial charge in [-0.2, -0.15) is 4.37 Å². The smallest absolute Gasteiger partial charge is 0.351 e. The van der Waals surface area contributed by atoms with Crippen molar-refractivity contribution in [1.29, 1.82) is 0 Å². The third-order valence-corrected chi connectivity index (χ3v) is 4.78. The summed E-state index contributed by atoms with van der Waals surface area (Å²) in [6, 6.07) is 4.46. The predicted octanol–water partition coefficient (Wildman–Crippen LogP) is 4.13. The van der Waals surface area contributed by atoms with Gasteiger partial charge in [0.15, 0.2) is 10.0 Å². The third-order valence-electron chi connectivity index (χ3n) is 2.71. The van der Waals surface area contributed by atoms with Crippen molar-refractivity contribution in [1.82, 2.24) is 4.37 Å². The Morgan fingerprint density at radius 2 is 1.92 bits per heavy atom. The molecular weight excluding hydrogens is 401 g/mol. The van der Waals surface area contributed by atoms with E-state index in [9.17, 15) is 9.59 Å². The lowest BCUT2D eigenvalue weighted by molar-refractivity contribution is 0.0455. The summed E-state index contributed by atoms with van der Waals surface area (Å²) in [7, 11) is 1.28. The van der Waals surface area contributed by atoms with Gasteiger partial charge in [0.05, 0.1) is 17.7 Å². The summed E-state index contributed by atoms with van der Waals surface area (Å²) in [6.45, 7) is 0.0347. The van der Waals surface area contributed by atoms with E-state index in [4.69, 9.17) is 44.3 Å². The van der Waals surface area contributed by atoms with Crippen molar-refractivity contribution in [3.63, 3.8) is 0 Å². The van der Waals surface area contributed by atoms with Crippen molar-refractivity contribution in [2.24, 2.45) is 0 Å². The molecule has 1 aromatic heterocycles. The Balaban J connectivity index is 1.85. The van der Waals surface area contributed by atoms with Gasteiger partial charge in [0.1, 0.15) is 24.0 Å². The molecule has 0 amide bonds. The Kier molecular flexibility index (Phi) is 6.68. The number of hydrogen-bond donors (Lipinski definition) is 0. The lowest BCUT2D eigenvalue weighted by atomic mass is 10.2. The van der Waals surface area contributed by atoms with Crippen LogP contribution in [0.5, 0.6) is 5.75 Å². The lowest BCUT2D eigenvalue weighted by Crippen LogP contribution is -2.12. The van der Waals surface area contributed by atoms with E-state index in [2.05, 4.69) is 9.11 Å². The number of hydrogen-bond acceptors (Lipinski definition) is 7. The van der Waals surface area contributed by atoms with E-state index >= 15 is 0 Å². The molecule has 0 saturated carbocycles. The normalized spacial score (nSPS) is 10.3. The molecule has 0 fully saturated rings. The Labute approximate surface area is 156 Å². The highest BCUT2D eigenvalue weighted by atomic mass is 35.5. The van der Waals surface area contributed by atoms with Gasteiger partial charge in [0, 0.05) is 0 Å². The third kappa shape index (κ3) is 4.51. The molecule has 1 aromatic carbocycles. The van der Waals surface area contributed by atoms with E-state index in [1.165, 1.54) is 25.3 Å². The minimum atomic E-state index is -0.639. The quantitative estimate of drug-likeness (QED) is 0.526. The molecule has 24 heavy (non-hydrogen) atoms.